The van der Waals surface area contributed by atoms with E-state index in [0.717, 1.165) is 61.3 Å². The molecule has 2 rings (SSSR count). The van der Waals surface area contributed by atoms with E-state index in [1.54, 1.807) is 0 Å². The topological polar surface area (TPSA) is 13.1 Å². The van der Waals surface area contributed by atoms with Gasteiger partial charge in [0.25, 0.3) is 0 Å². The molecule has 0 bridgehead atoms. The Bertz CT molecular complexity index is 589. The summed E-state index contributed by atoms with van der Waals surface area (Å²) in [5, 5.41) is 0. The van der Waals surface area contributed by atoms with Gasteiger partial charge in [0.1, 0.15) is 11.5 Å². The van der Waals surface area contributed by atoms with Crippen LogP contribution in [0.25, 0.3) is 11.3 Å². The fraction of sp³-hybridized carbons (Fsp3) is 0.444. The molecule has 0 atom stereocenters. The molecule has 1 aromatic heterocycles. The normalized spacial score (nSPS) is 11.9. The third kappa shape index (κ3) is 4.80. The number of halogens is 3. The largest absolute Gasteiger partial charge is 0.461 e. The van der Waals surface area contributed by atoms with Crippen molar-refractivity contribution < 1.29 is 17.6 Å². The summed E-state index contributed by atoms with van der Waals surface area (Å²) in [5.41, 5.74) is 1.17. The minimum Gasteiger partial charge on any atom is -0.461 e. The molecular formula is C18H21F3OS. The minimum absolute atomic E-state index is 0.638. The summed E-state index contributed by atoms with van der Waals surface area (Å²) in [4.78, 5) is 0. The first-order valence-electron chi connectivity index (χ1n) is 7.85. The van der Waals surface area contributed by atoms with E-state index in [-0.39, 0.29) is 0 Å². The van der Waals surface area contributed by atoms with E-state index >= 15 is 0 Å². The quantitative estimate of drug-likeness (QED) is 0.594. The standard InChI is InChI=1S/C18H21F3OS/c1-2-3-6-16-14(5-4-11-23)12-17(22-16)13-7-9-15(10-8-13)18(19,20)21/h7-10,12,23H,2-6,11H2,1H3. The number of hydrogen-bond acceptors (Lipinski definition) is 2. The van der Waals surface area contributed by atoms with Crippen LogP contribution < -0.4 is 0 Å². The highest BCUT2D eigenvalue weighted by atomic mass is 32.1. The lowest BCUT2D eigenvalue weighted by molar-refractivity contribution is -0.137. The van der Waals surface area contributed by atoms with Crippen LogP contribution >= 0.6 is 12.6 Å². The van der Waals surface area contributed by atoms with Crippen molar-refractivity contribution >= 4 is 12.6 Å². The van der Waals surface area contributed by atoms with Gasteiger partial charge in [-0.25, -0.2) is 0 Å². The van der Waals surface area contributed by atoms with Gasteiger partial charge in [0.05, 0.1) is 5.56 Å². The lowest BCUT2D eigenvalue weighted by Gasteiger charge is -2.06. The van der Waals surface area contributed by atoms with Crippen LogP contribution in [-0.4, -0.2) is 5.75 Å². The highest BCUT2D eigenvalue weighted by Crippen LogP contribution is 2.32. The van der Waals surface area contributed by atoms with Crippen molar-refractivity contribution in [3.63, 3.8) is 0 Å². The second-order valence-electron chi connectivity index (χ2n) is 5.56. The summed E-state index contributed by atoms with van der Waals surface area (Å²) in [6, 6.07) is 7.08. The molecule has 0 unspecified atom stereocenters. The Morgan fingerprint density at radius 3 is 2.30 bits per heavy atom. The zero-order chi connectivity index (χ0) is 16.9. The average Bonchev–Trinajstić information content (AvgIpc) is 2.93. The molecule has 2 aromatic rings. The van der Waals surface area contributed by atoms with Crippen LogP contribution in [0.1, 0.15) is 43.1 Å². The fourth-order valence-electron chi connectivity index (χ4n) is 2.46. The van der Waals surface area contributed by atoms with E-state index in [4.69, 9.17) is 4.42 Å². The first kappa shape index (κ1) is 18.0. The van der Waals surface area contributed by atoms with Gasteiger partial charge < -0.3 is 4.42 Å². The molecule has 0 amide bonds. The molecule has 0 fully saturated rings. The first-order chi connectivity index (χ1) is 11.0. The Kier molecular flexibility index (Phi) is 6.22. The second-order valence-corrected chi connectivity index (χ2v) is 6.01. The van der Waals surface area contributed by atoms with Crippen LogP contribution in [0, 0.1) is 0 Å². The van der Waals surface area contributed by atoms with Crippen molar-refractivity contribution in [2.24, 2.45) is 0 Å². The predicted octanol–water partition coefficient (Wildman–Crippen LogP) is 6.17. The molecule has 0 saturated heterocycles. The zero-order valence-corrected chi connectivity index (χ0v) is 14.0. The van der Waals surface area contributed by atoms with Crippen molar-refractivity contribution in [3.8, 4) is 11.3 Å². The third-order valence-corrected chi connectivity index (χ3v) is 4.07. The van der Waals surface area contributed by atoms with Crippen LogP contribution in [0.15, 0.2) is 34.7 Å². The number of benzene rings is 1. The molecule has 1 heterocycles. The van der Waals surface area contributed by atoms with Gasteiger partial charge in [0, 0.05) is 12.0 Å². The number of unbranched alkanes of at least 4 members (excludes halogenated alkanes) is 1. The summed E-state index contributed by atoms with van der Waals surface area (Å²) >= 11 is 4.23. The predicted molar refractivity (Wildman–Crippen MR) is 89.9 cm³/mol. The van der Waals surface area contributed by atoms with E-state index in [9.17, 15) is 13.2 Å². The summed E-state index contributed by atoms with van der Waals surface area (Å²) in [6.45, 7) is 2.12. The number of furan rings is 1. The molecule has 0 aliphatic rings. The van der Waals surface area contributed by atoms with Crippen LogP contribution in [0.2, 0.25) is 0 Å². The maximum absolute atomic E-state index is 12.6. The van der Waals surface area contributed by atoms with E-state index in [0.29, 0.717) is 11.3 Å². The average molecular weight is 342 g/mol. The molecule has 5 heteroatoms. The van der Waals surface area contributed by atoms with Gasteiger partial charge in [-0.2, -0.15) is 25.8 Å². The molecular weight excluding hydrogens is 321 g/mol. The lowest BCUT2D eigenvalue weighted by atomic mass is 10.1. The molecule has 1 nitrogen and oxygen atoms in total. The monoisotopic (exact) mass is 342 g/mol. The highest BCUT2D eigenvalue weighted by molar-refractivity contribution is 7.80. The van der Waals surface area contributed by atoms with E-state index in [2.05, 4.69) is 19.6 Å². The molecule has 0 spiro atoms. The molecule has 126 valence electrons. The van der Waals surface area contributed by atoms with Gasteiger partial charge in [0.15, 0.2) is 0 Å². The Balaban J connectivity index is 2.26. The lowest BCUT2D eigenvalue weighted by Crippen LogP contribution is -2.03. The summed E-state index contributed by atoms with van der Waals surface area (Å²) in [5.74, 6) is 2.39. The van der Waals surface area contributed by atoms with Crippen LogP contribution in [0.3, 0.4) is 0 Å². The van der Waals surface area contributed by atoms with Gasteiger partial charge in [-0.1, -0.05) is 25.5 Å². The van der Waals surface area contributed by atoms with E-state index in [1.165, 1.54) is 12.1 Å². The van der Waals surface area contributed by atoms with Crippen molar-refractivity contribution in [3.05, 3.63) is 47.2 Å². The minimum atomic E-state index is -4.31. The van der Waals surface area contributed by atoms with Crippen molar-refractivity contribution in [1.82, 2.24) is 0 Å². The number of hydrogen-bond donors (Lipinski definition) is 1. The van der Waals surface area contributed by atoms with Gasteiger partial charge in [0.2, 0.25) is 0 Å². The Morgan fingerprint density at radius 1 is 1.04 bits per heavy atom. The summed E-state index contributed by atoms with van der Waals surface area (Å²) < 4.78 is 43.8. The summed E-state index contributed by atoms with van der Waals surface area (Å²) in [6.07, 6.45) is 0.488. The molecule has 1 aromatic carbocycles. The van der Waals surface area contributed by atoms with Gasteiger partial charge >= 0.3 is 6.18 Å². The first-order valence-corrected chi connectivity index (χ1v) is 8.49. The van der Waals surface area contributed by atoms with Gasteiger partial charge in [-0.15, -0.1) is 0 Å². The molecule has 0 saturated carbocycles. The van der Waals surface area contributed by atoms with Crippen molar-refractivity contribution in [2.75, 3.05) is 5.75 Å². The van der Waals surface area contributed by atoms with Crippen molar-refractivity contribution in [2.45, 2.75) is 45.2 Å². The Hall–Kier alpha value is -1.36. The molecule has 23 heavy (non-hydrogen) atoms. The highest BCUT2D eigenvalue weighted by Gasteiger charge is 2.30. The van der Waals surface area contributed by atoms with Crippen LogP contribution in [0.5, 0.6) is 0 Å². The maximum atomic E-state index is 12.6. The third-order valence-electron chi connectivity index (χ3n) is 3.76. The number of alkyl halides is 3. The SMILES string of the molecule is CCCCc1oc(-c2ccc(C(F)(F)F)cc2)cc1CCCS. The Labute approximate surface area is 140 Å². The number of thiol groups is 1. The number of rotatable bonds is 7. The van der Waals surface area contributed by atoms with Crippen molar-refractivity contribution in [1.29, 1.82) is 0 Å². The van der Waals surface area contributed by atoms with Gasteiger partial charge in [-0.3, -0.25) is 0 Å². The van der Waals surface area contributed by atoms with Gasteiger partial charge in [-0.05, 0) is 48.8 Å². The fourth-order valence-corrected chi connectivity index (χ4v) is 2.62. The van der Waals surface area contributed by atoms with Crippen LogP contribution in [0.4, 0.5) is 13.2 Å². The molecule has 0 radical (unpaired) electrons. The molecule has 0 N–H and O–H groups in total. The smallest absolute Gasteiger partial charge is 0.416 e. The molecule has 0 aliphatic heterocycles. The van der Waals surface area contributed by atoms with Crippen LogP contribution in [-0.2, 0) is 19.0 Å². The molecule has 0 aliphatic carbocycles. The van der Waals surface area contributed by atoms with E-state index < -0.39 is 11.7 Å². The van der Waals surface area contributed by atoms with E-state index in [1.807, 2.05) is 6.07 Å². The Morgan fingerprint density at radius 2 is 1.74 bits per heavy atom. The zero-order valence-electron chi connectivity index (χ0n) is 13.1. The maximum Gasteiger partial charge on any atom is 0.416 e. The second kappa shape index (κ2) is 7.95. The number of aryl methyl sites for hydroxylation is 2. The summed E-state index contributed by atoms with van der Waals surface area (Å²) in [7, 11) is 0.